The van der Waals surface area contributed by atoms with Crippen LogP contribution in [0.25, 0.3) is 32.3 Å². The molecule has 5 aromatic rings. The number of ether oxygens (including phenoxy) is 1. The van der Waals surface area contributed by atoms with Gasteiger partial charge >= 0.3 is 0 Å². The van der Waals surface area contributed by atoms with Crippen molar-refractivity contribution >= 4 is 32.3 Å². The van der Waals surface area contributed by atoms with Crippen LogP contribution < -0.4 is 0 Å². The molecule has 5 rings (SSSR count). The second-order valence-electron chi connectivity index (χ2n) is 7.36. The summed E-state index contributed by atoms with van der Waals surface area (Å²) in [5.74, 6) is 0. The molecule has 0 radical (unpaired) electrons. The summed E-state index contributed by atoms with van der Waals surface area (Å²) < 4.78 is 7.83. The Morgan fingerprint density at radius 3 is 2.30 bits per heavy atom. The van der Waals surface area contributed by atoms with Gasteiger partial charge in [0.05, 0.1) is 19.4 Å². The lowest BCUT2D eigenvalue weighted by Gasteiger charge is -2.13. The topological polar surface area (TPSA) is 39.9 Å². The summed E-state index contributed by atoms with van der Waals surface area (Å²) in [6.45, 7) is 5.20. The molecular formula is C23H21N3O. The monoisotopic (exact) mass is 355 g/mol. The molecule has 0 amide bonds. The number of benzene rings is 4. The highest BCUT2D eigenvalue weighted by molar-refractivity contribution is 6.23. The Balaban J connectivity index is 1.48. The minimum atomic E-state index is 0.309. The summed E-state index contributed by atoms with van der Waals surface area (Å²) in [5.41, 5.74) is 2.07. The minimum absolute atomic E-state index is 0.309. The van der Waals surface area contributed by atoms with E-state index in [2.05, 4.69) is 78.8 Å². The molecule has 0 aliphatic heterocycles. The van der Waals surface area contributed by atoms with Crippen molar-refractivity contribution in [3.8, 4) is 0 Å². The molecule has 0 saturated heterocycles. The first-order valence-corrected chi connectivity index (χ1v) is 9.34. The van der Waals surface area contributed by atoms with Gasteiger partial charge in [-0.2, -0.15) is 0 Å². The highest BCUT2D eigenvalue weighted by Crippen LogP contribution is 2.36. The molecule has 0 N–H and O–H groups in total. The highest BCUT2D eigenvalue weighted by Gasteiger charge is 2.11. The van der Waals surface area contributed by atoms with E-state index in [4.69, 9.17) is 4.74 Å². The van der Waals surface area contributed by atoms with Gasteiger partial charge in [-0.1, -0.05) is 59.8 Å². The molecule has 0 saturated carbocycles. The summed E-state index contributed by atoms with van der Waals surface area (Å²) in [5, 5.41) is 16.1. The van der Waals surface area contributed by atoms with Crippen molar-refractivity contribution in [1.29, 1.82) is 0 Å². The van der Waals surface area contributed by atoms with Crippen molar-refractivity contribution < 1.29 is 4.74 Å². The van der Waals surface area contributed by atoms with Crippen LogP contribution in [0.15, 0.2) is 60.8 Å². The van der Waals surface area contributed by atoms with Gasteiger partial charge in [0, 0.05) is 6.04 Å². The zero-order chi connectivity index (χ0) is 18.4. The first kappa shape index (κ1) is 16.2. The van der Waals surface area contributed by atoms with Crippen molar-refractivity contribution in [2.75, 3.05) is 0 Å². The smallest absolute Gasteiger partial charge is 0.108 e. The van der Waals surface area contributed by atoms with Crippen LogP contribution in [-0.4, -0.2) is 15.0 Å². The number of hydrogen-bond acceptors (Lipinski definition) is 3. The van der Waals surface area contributed by atoms with Crippen LogP contribution in [0.1, 0.15) is 31.1 Å². The Kier molecular flexibility index (Phi) is 3.80. The van der Waals surface area contributed by atoms with E-state index in [-0.39, 0.29) is 0 Å². The second-order valence-corrected chi connectivity index (χ2v) is 7.36. The van der Waals surface area contributed by atoms with Crippen LogP contribution in [0.4, 0.5) is 0 Å². The maximum absolute atomic E-state index is 5.97. The third-order valence-corrected chi connectivity index (χ3v) is 5.21. The van der Waals surface area contributed by atoms with Crippen LogP contribution in [0.5, 0.6) is 0 Å². The van der Waals surface area contributed by atoms with Gasteiger partial charge in [-0.15, -0.1) is 5.10 Å². The van der Waals surface area contributed by atoms with E-state index >= 15 is 0 Å². The molecule has 4 aromatic carbocycles. The van der Waals surface area contributed by atoms with E-state index in [0.29, 0.717) is 19.3 Å². The predicted octanol–water partition coefficient (Wildman–Crippen LogP) is 5.47. The molecule has 0 aliphatic carbocycles. The average Bonchev–Trinajstić information content (AvgIpc) is 3.16. The van der Waals surface area contributed by atoms with E-state index in [1.165, 1.54) is 37.9 Å². The zero-order valence-electron chi connectivity index (χ0n) is 15.5. The quantitative estimate of drug-likeness (QED) is 0.392. The SMILES string of the molecule is CC(C)n1cc(COCc2ccc3ccc4cccc5ccc2c3c45)nn1. The molecule has 27 heavy (non-hydrogen) atoms. The van der Waals surface area contributed by atoms with Crippen LogP contribution >= 0.6 is 0 Å². The molecule has 0 aliphatic rings. The maximum Gasteiger partial charge on any atom is 0.108 e. The Morgan fingerprint density at radius 1 is 0.852 bits per heavy atom. The standard InChI is InChI=1S/C23H21N3O/c1-15(2)26-12-20(24-25-26)14-27-13-19-9-8-18-7-6-16-4-3-5-17-10-11-21(19)23(18)22(16)17/h3-12,15H,13-14H2,1-2H3. The van der Waals surface area contributed by atoms with E-state index < -0.39 is 0 Å². The predicted molar refractivity (Wildman–Crippen MR) is 109 cm³/mol. The summed E-state index contributed by atoms with van der Waals surface area (Å²) >= 11 is 0. The molecule has 0 bridgehead atoms. The van der Waals surface area contributed by atoms with Crippen molar-refractivity contribution in [2.24, 2.45) is 0 Å². The van der Waals surface area contributed by atoms with Crippen molar-refractivity contribution in [3.05, 3.63) is 72.1 Å². The fourth-order valence-electron chi connectivity index (χ4n) is 3.82. The number of aromatic nitrogens is 3. The molecule has 4 nitrogen and oxygen atoms in total. The van der Waals surface area contributed by atoms with E-state index in [9.17, 15) is 0 Å². The van der Waals surface area contributed by atoms with Crippen LogP contribution in [-0.2, 0) is 18.0 Å². The van der Waals surface area contributed by atoms with E-state index in [1.807, 2.05) is 10.9 Å². The molecule has 0 unspecified atom stereocenters. The molecule has 0 fully saturated rings. The summed E-state index contributed by atoms with van der Waals surface area (Å²) in [4.78, 5) is 0. The molecule has 1 aromatic heterocycles. The Morgan fingerprint density at radius 2 is 1.56 bits per heavy atom. The van der Waals surface area contributed by atoms with Gasteiger partial charge in [-0.3, -0.25) is 0 Å². The Labute approximate surface area is 157 Å². The first-order chi connectivity index (χ1) is 13.2. The second kappa shape index (κ2) is 6.32. The summed E-state index contributed by atoms with van der Waals surface area (Å²) in [6, 6.07) is 20.0. The number of hydrogen-bond donors (Lipinski definition) is 0. The van der Waals surface area contributed by atoms with Crippen LogP contribution in [0.3, 0.4) is 0 Å². The van der Waals surface area contributed by atoms with Crippen LogP contribution in [0, 0.1) is 0 Å². The third-order valence-electron chi connectivity index (χ3n) is 5.21. The molecular weight excluding hydrogens is 334 g/mol. The minimum Gasteiger partial charge on any atom is -0.370 e. The van der Waals surface area contributed by atoms with Gasteiger partial charge in [0.25, 0.3) is 0 Å². The largest absolute Gasteiger partial charge is 0.370 e. The molecule has 4 heteroatoms. The first-order valence-electron chi connectivity index (χ1n) is 9.34. The fourth-order valence-corrected chi connectivity index (χ4v) is 3.82. The lowest BCUT2D eigenvalue weighted by molar-refractivity contribution is 0.105. The van der Waals surface area contributed by atoms with Gasteiger partial charge in [0.2, 0.25) is 0 Å². The van der Waals surface area contributed by atoms with Crippen molar-refractivity contribution in [3.63, 3.8) is 0 Å². The summed E-state index contributed by atoms with van der Waals surface area (Å²) in [6.07, 6.45) is 1.95. The van der Waals surface area contributed by atoms with Gasteiger partial charge < -0.3 is 4.74 Å². The lowest BCUT2D eigenvalue weighted by atomic mass is 9.92. The highest BCUT2D eigenvalue weighted by atomic mass is 16.5. The van der Waals surface area contributed by atoms with Crippen molar-refractivity contribution in [2.45, 2.75) is 33.1 Å². The van der Waals surface area contributed by atoms with Gasteiger partial charge in [0.15, 0.2) is 0 Å². The normalized spacial score (nSPS) is 12.1. The van der Waals surface area contributed by atoms with Crippen molar-refractivity contribution in [1.82, 2.24) is 15.0 Å². The van der Waals surface area contributed by atoms with E-state index in [0.717, 1.165) is 5.69 Å². The van der Waals surface area contributed by atoms with Crippen LogP contribution in [0.2, 0.25) is 0 Å². The molecule has 0 spiro atoms. The van der Waals surface area contributed by atoms with Gasteiger partial charge in [-0.05, 0) is 51.7 Å². The lowest BCUT2D eigenvalue weighted by Crippen LogP contribution is -2.00. The Bertz CT molecular complexity index is 1220. The van der Waals surface area contributed by atoms with Gasteiger partial charge in [-0.25, -0.2) is 4.68 Å². The Hall–Kier alpha value is -2.98. The zero-order valence-corrected chi connectivity index (χ0v) is 15.5. The molecule has 0 atom stereocenters. The van der Waals surface area contributed by atoms with Gasteiger partial charge in [0.1, 0.15) is 5.69 Å². The van der Waals surface area contributed by atoms with E-state index in [1.54, 1.807) is 0 Å². The average molecular weight is 355 g/mol. The fraction of sp³-hybridized carbons (Fsp3) is 0.217. The summed E-state index contributed by atoms with van der Waals surface area (Å²) in [7, 11) is 0. The third kappa shape index (κ3) is 2.73. The molecule has 1 heterocycles. The number of nitrogens with zero attached hydrogens (tertiary/aromatic N) is 3. The molecule has 134 valence electrons. The number of rotatable bonds is 5. The maximum atomic E-state index is 5.97.